The lowest BCUT2D eigenvalue weighted by Gasteiger charge is -2.34. The molecule has 1 aliphatic carbocycles. The standard InChI is InChI=1S/C18H23N3O2/c22-18-9-8-17(19-20-18)13-4-6-15(7-5-13)23-16-10-11-21(12-16)14-2-1-3-14/h4-7,14,16H,1-3,8-12H2,(H,20,22)/t16-/m1/s1. The van der Waals surface area contributed by atoms with Gasteiger partial charge in [0.25, 0.3) is 0 Å². The lowest BCUT2D eigenvalue weighted by molar-refractivity contribution is -0.121. The maximum Gasteiger partial charge on any atom is 0.240 e. The summed E-state index contributed by atoms with van der Waals surface area (Å²) in [6.45, 7) is 2.23. The fraction of sp³-hybridized carbons (Fsp3) is 0.556. The highest BCUT2D eigenvalue weighted by atomic mass is 16.5. The number of rotatable bonds is 4. The van der Waals surface area contributed by atoms with Crippen molar-refractivity contribution in [2.75, 3.05) is 13.1 Å². The number of amides is 1. The number of carbonyl (C=O) groups is 1. The van der Waals surface area contributed by atoms with Crippen LogP contribution in [-0.4, -0.2) is 41.8 Å². The quantitative estimate of drug-likeness (QED) is 0.928. The minimum absolute atomic E-state index is 0.00838. The van der Waals surface area contributed by atoms with Crippen LogP contribution < -0.4 is 10.2 Å². The molecule has 1 N–H and O–H groups in total. The zero-order valence-electron chi connectivity index (χ0n) is 13.3. The molecule has 5 heteroatoms. The van der Waals surface area contributed by atoms with Crippen molar-refractivity contribution in [1.82, 2.24) is 10.3 Å². The fourth-order valence-corrected chi connectivity index (χ4v) is 3.53. The molecule has 1 atom stereocenters. The molecule has 0 radical (unpaired) electrons. The van der Waals surface area contributed by atoms with Crippen LogP contribution in [0.2, 0.25) is 0 Å². The van der Waals surface area contributed by atoms with E-state index in [9.17, 15) is 4.79 Å². The number of nitrogens with zero attached hydrogens (tertiary/aromatic N) is 2. The molecular weight excluding hydrogens is 290 g/mol. The van der Waals surface area contributed by atoms with Crippen molar-refractivity contribution in [2.24, 2.45) is 5.10 Å². The maximum absolute atomic E-state index is 11.1. The number of carbonyl (C=O) groups excluding carboxylic acids is 1. The Bertz CT molecular complexity index is 607. The number of hydrazone groups is 1. The van der Waals surface area contributed by atoms with Gasteiger partial charge in [0, 0.05) is 32.0 Å². The predicted octanol–water partition coefficient (Wildman–Crippen LogP) is 2.31. The van der Waals surface area contributed by atoms with Gasteiger partial charge in [-0.25, -0.2) is 5.43 Å². The molecular formula is C18H23N3O2. The van der Waals surface area contributed by atoms with E-state index in [2.05, 4.69) is 15.4 Å². The Morgan fingerprint density at radius 3 is 2.61 bits per heavy atom. The molecule has 2 fully saturated rings. The van der Waals surface area contributed by atoms with Gasteiger partial charge in [0.2, 0.25) is 5.91 Å². The predicted molar refractivity (Wildman–Crippen MR) is 88.6 cm³/mol. The van der Waals surface area contributed by atoms with Crippen molar-refractivity contribution in [3.8, 4) is 5.75 Å². The summed E-state index contributed by atoms with van der Waals surface area (Å²) >= 11 is 0. The van der Waals surface area contributed by atoms with Crippen molar-refractivity contribution in [3.63, 3.8) is 0 Å². The highest BCUT2D eigenvalue weighted by Gasteiger charge is 2.32. The molecule has 1 saturated carbocycles. The molecule has 1 aromatic carbocycles. The second-order valence-electron chi connectivity index (χ2n) is 6.73. The Morgan fingerprint density at radius 2 is 1.96 bits per heavy atom. The van der Waals surface area contributed by atoms with Gasteiger partial charge in [0.05, 0.1) is 5.71 Å². The summed E-state index contributed by atoms with van der Waals surface area (Å²) in [5.41, 5.74) is 4.54. The van der Waals surface area contributed by atoms with Crippen molar-refractivity contribution in [2.45, 2.75) is 50.7 Å². The van der Waals surface area contributed by atoms with Crippen LogP contribution in [0.4, 0.5) is 0 Å². The van der Waals surface area contributed by atoms with Crippen LogP contribution in [0.15, 0.2) is 29.4 Å². The monoisotopic (exact) mass is 313 g/mol. The first-order valence-electron chi connectivity index (χ1n) is 8.64. The molecule has 1 aromatic rings. The van der Waals surface area contributed by atoms with E-state index in [1.165, 1.54) is 25.8 Å². The van der Waals surface area contributed by atoms with E-state index >= 15 is 0 Å². The largest absolute Gasteiger partial charge is 0.489 e. The first kappa shape index (κ1) is 14.7. The van der Waals surface area contributed by atoms with Crippen molar-refractivity contribution < 1.29 is 9.53 Å². The molecule has 23 heavy (non-hydrogen) atoms. The van der Waals surface area contributed by atoms with Crippen LogP contribution in [0.5, 0.6) is 5.75 Å². The van der Waals surface area contributed by atoms with Gasteiger partial charge < -0.3 is 4.74 Å². The zero-order chi connectivity index (χ0) is 15.6. The van der Waals surface area contributed by atoms with E-state index < -0.39 is 0 Å². The van der Waals surface area contributed by atoms with Gasteiger partial charge in [-0.15, -0.1) is 0 Å². The Hall–Kier alpha value is -1.88. The van der Waals surface area contributed by atoms with Crippen molar-refractivity contribution >= 4 is 11.6 Å². The van der Waals surface area contributed by atoms with Crippen LogP contribution >= 0.6 is 0 Å². The van der Waals surface area contributed by atoms with Gasteiger partial charge >= 0.3 is 0 Å². The first-order chi connectivity index (χ1) is 11.3. The van der Waals surface area contributed by atoms with Gasteiger partial charge in [-0.1, -0.05) is 6.42 Å². The second-order valence-corrected chi connectivity index (χ2v) is 6.73. The summed E-state index contributed by atoms with van der Waals surface area (Å²) < 4.78 is 6.13. The molecule has 1 saturated heterocycles. The molecule has 0 spiro atoms. The summed E-state index contributed by atoms with van der Waals surface area (Å²) in [5.74, 6) is 0.917. The van der Waals surface area contributed by atoms with E-state index in [0.29, 0.717) is 18.9 Å². The average molecular weight is 313 g/mol. The molecule has 2 aliphatic heterocycles. The number of ether oxygens (including phenoxy) is 1. The minimum Gasteiger partial charge on any atom is -0.489 e. The molecule has 122 valence electrons. The van der Waals surface area contributed by atoms with Gasteiger partial charge in [-0.3, -0.25) is 9.69 Å². The third-order valence-corrected chi connectivity index (χ3v) is 5.16. The molecule has 0 aromatic heterocycles. The minimum atomic E-state index is -0.00838. The average Bonchev–Trinajstić information content (AvgIpc) is 2.95. The van der Waals surface area contributed by atoms with Crippen LogP contribution in [0.25, 0.3) is 0 Å². The maximum atomic E-state index is 11.1. The second kappa shape index (κ2) is 6.32. The number of likely N-dealkylation sites (tertiary alicyclic amines) is 1. The normalized spacial score (nSPS) is 25.7. The van der Waals surface area contributed by atoms with Crippen LogP contribution in [-0.2, 0) is 4.79 Å². The van der Waals surface area contributed by atoms with Crippen LogP contribution in [0, 0.1) is 0 Å². The van der Waals surface area contributed by atoms with Crippen LogP contribution in [0.1, 0.15) is 44.1 Å². The Balaban J connectivity index is 1.34. The number of benzene rings is 1. The first-order valence-corrected chi connectivity index (χ1v) is 8.64. The molecule has 4 rings (SSSR count). The molecule has 1 amide bonds. The summed E-state index contributed by atoms with van der Waals surface area (Å²) in [4.78, 5) is 13.7. The van der Waals surface area contributed by atoms with E-state index in [-0.39, 0.29) is 5.91 Å². The van der Waals surface area contributed by atoms with Gasteiger partial charge in [-0.2, -0.15) is 5.10 Å². The fourth-order valence-electron chi connectivity index (χ4n) is 3.53. The smallest absolute Gasteiger partial charge is 0.240 e. The summed E-state index contributed by atoms with van der Waals surface area (Å²) in [5, 5.41) is 4.13. The summed E-state index contributed by atoms with van der Waals surface area (Å²) in [7, 11) is 0. The van der Waals surface area contributed by atoms with E-state index in [0.717, 1.165) is 36.0 Å². The highest BCUT2D eigenvalue weighted by molar-refractivity contribution is 6.04. The lowest BCUT2D eigenvalue weighted by atomic mass is 9.92. The van der Waals surface area contributed by atoms with E-state index in [1.54, 1.807) is 0 Å². The number of hydrogen-bond acceptors (Lipinski definition) is 4. The Kier molecular flexibility index (Phi) is 4.04. The summed E-state index contributed by atoms with van der Waals surface area (Å²) in [6.07, 6.45) is 6.75. The molecule has 0 bridgehead atoms. The SMILES string of the molecule is O=C1CCC(c2ccc(O[C@@H]3CCN(C4CCC4)C3)cc2)=NN1. The molecule has 2 heterocycles. The lowest BCUT2D eigenvalue weighted by Crippen LogP contribution is -2.39. The summed E-state index contributed by atoms with van der Waals surface area (Å²) in [6, 6.07) is 8.90. The van der Waals surface area contributed by atoms with Gasteiger partial charge in [0.15, 0.2) is 0 Å². The van der Waals surface area contributed by atoms with E-state index in [1.807, 2.05) is 24.3 Å². The van der Waals surface area contributed by atoms with Gasteiger partial charge in [0.1, 0.15) is 11.9 Å². The van der Waals surface area contributed by atoms with Crippen molar-refractivity contribution in [1.29, 1.82) is 0 Å². The van der Waals surface area contributed by atoms with E-state index in [4.69, 9.17) is 4.74 Å². The third kappa shape index (κ3) is 3.24. The molecule has 0 unspecified atom stereocenters. The third-order valence-electron chi connectivity index (χ3n) is 5.16. The van der Waals surface area contributed by atoms with Crippen LogP contribution in [0.3, 0.4) is 0 Å². The highest BCUT2D eigenvalue weighted by Crippen LogP contribution is 2.29. The van der Waals surface area contributed by atoms with Crippen molar-refractivity contribution in [3.05, 3.63) is 29.8 Å². The number of hydrogen-bond donors (Lipinski definition) is 1. The Labute approximate surface area is 136 Å². The molecule has 3 aliphatic rings. The molecule has 5 nitrogen and oxygen atoms in total. The topological polar surface area (TPSA) is 53.9 Å². The number of nitrogens with one attached hydrogen (secondary N) is 1. The van der Waals surface area contributed by atoms with Gasteiger partial charge in [-0.05, 0) is 49.1 Å². The Morgan fingerprint density at radius 1 is 1.13 bits per heavy atom. The zero-order valence-corrected chi connectivity index (χ0v) is 13.3.